The van der Waals surface area contributed by atoms with Crippen LogP contribution < -0.4 is 5.32 Å². The molecule has 3 N–H and O–H groups in total. The number of thiazole rings is 1. The maximum absolute atomic E-state index is 11.6. The first-order valence-electron chi connectivity index (χ1n) is 6.17. The zero-order chi connectivity index (χ0) is 14.4. The molecular weight excluding hydrogens is 276 g/mol. The van der Waals surface area contributed by atoms with Gasteiger partial charge < -0.3 is 10.4 Å². The number of carbonyl (C=O) groups is 1. The van der Waals surface area contributed by atoms with Crippen LogP contribution in [0.5, 0.6) is 0 Å². The van der Waals surface area contributed by atoms with E-state index in [4.69, 9.17) is 0 Å². The summed E-state index contributed by atoms with van der Waals surface area (Å²) in [5.74, 6) is -0.553. The summed E-state index contributed by atoms with van der Waals surface area (Å²) < 4.78 is 0. The van der Waals surface area contributed by atoms with Crippen LogP contribution in [-0.4, -0.2) is 26.3 Å². The van der Waals surface area contributed by atoms with Crippen molar-refractivity contribution in [1.82, 2.24) is 15.2 Å². The lowest BCUT2D eigenvalue weighted by Crippen LogP contribution is -2.22. The maximum Gasteiger partial charge on any atom is 0.334 e. The summed E-state index contributed by atoms with van der Waals surface area (Å²) in [6, 6.07) is 0. The molecule has 0 radical (unpaired) electrons. The molecule has 2 aromatic rings. The number of carboxylic acid groups (broad SMARTS) is 1. The minimum Gasteiger partial charge on any atom is -0.478 e. The number of fused-ring (bicyclic) bond motifs is 1. The van der Waals surface area contributed by atoms with E-state index in [9.17, 15) is 9.90 Å². The minimum atomic E-state index is -0.931. The van der Waals surface area contributed by atoms with Crippen LogP contribution in [0.2, 0.25) is 0 Å². The number of H-pyrrole nitrogens is 1. The Hall–Kier alpha value is -2.15. The van der Waals surface area contributed by atoms with E-state index in [2.05, 4.69) is 20.5 Å². The van der Waals surface area contributed by atoms with Gasteiger partial charge in [-0.15, -0.1) is 11.3 Å². The van der Waals surface area contributed by atoms with E-state index in [1.165, 1.54) is 11.3 Å². The lowest BCUT2D eigenvalue weighted by atomic mass is 9.87. The molecule has 1 unspecified atom stereocenters. The van der Waals surface area contributed by atoms with Crippen LogP contribution in [0.1, 0.15) is 34.8 Å². The number of allylic oxidation sites excluding steroid dienone is 1. The first kappa shape index (κ1) is 12.9. The van der Waals surface area contributed by atoms with Crippen LogP contribution in [-0.2, 0) is 4.79 Å². The van der Waals surface area contributed by atoms with Crippen molar-refractivity contribution >= 4 is 23.1 Å². The van der Waals surface area contributed by atoms with Crippen LogP contribution in [0.4, 0.5) is 5.82 Å². The monoisotopic (exact) mass is 290 g/mol. The summed E-state index contributed by atoms with van der Waals surface area (Å²) in [5.41, 5.74) is 3.50. The number of aromatic amines is 1. The van der Waals surface area contributed by atoms with E-state index in [1.54, 1.807) is 6.92 Å². The third-order valence-corrected chi connectivity index (χ3v) is 4.43. The second-order valence-electron chi connectivity index (χ2n) is 4.83. The molecule has 0 bridgehead atoms. The van der Waals surface area contributed by atoms with Gasteiger partial charge in [0.15, 0.2) is 0 Å². The minimum absolute atomic E-state index is 0.330. The highest BCUT2D eigenvalue weighted by atomic mass is 32.1. The molecule has 0 saturated carbocycles. The van der Waals surface area contributed by atoms with Crippen molar-refractivity contribution in [2.75, 3.05) is 5.32 Å². The molecule has 3 rings (SSSR count). The molecule has 0 aromatic carbocycles. The third kappa shape index (κ3) is 1.82. The standard InChI is InChI=1S/C13H14N4O2S/c1-5-4-20-12(14-5)10-8-7(3)16-17-11(8)15-6(2)9(10)13(18)19/h4,10H,1-3H3,(H,18,19)(H2,15,16,17). The predicted molar refractivity (Wildman–Crippen MR) is 76.0 cm³/mol. The first-order chi connectivity index (χ1) is 9.49. The summed E-state index contributed by atoms with van der Waals surface area (Å²) in [6.07, 6.45) is 0. The normalized spacial score (nSPS) is 17.9. The summed E-state index contributed by atoms with van der Waals surface area (Å²) in [4.78, 5) is 16.1. The van der Waals surface area contributed by atoms with Gasteiger partial charge in [0.25, 0.3) is 0 Å². The molecule has 3 heterocycles. The summed E-state index contributed by atoms with van der Waals surface area (Å²) >= 11 is 1.48. The fourth-order valence-corrected chi connectivity index (χ4v) is 3.45. The number of aromatic nitrogens is 3. The first-order valence-corrected chi connectivity index (χ1v) is 7.05. The average Bonchev–Trinajstić information content (AvgIpc) is 2.94. The molecule has 2 aromatic heterocycles. The molecule has 20 heavy (non-hydrogen) atoms. The Kier molecular flexibility index (Phi) is 2.86. The van der Waals surface area contributed by atoms with Crippen molar-refractivity contribution < 1.29 is 9.90 Å². The fraction of sp³-hybridized carbons (Fsp3) is 0.308. The highest BCUT2D eigenvalue weighted by Crippen LogP contribution is 2.43. The van der Waals surface area contributed by atoms with E-state index in [0.29, 0.717) is 11.3 Å². The molecule has 1 aliphatic rings. The molecule has 0 fully saturated rings. The zero-order valence-electron chi connectivity index (χ0n) is 11.3. The number of hydrogen-bond donors (Lipinski definition) is 3. The lowest BCUT2D eigenvalue weighted by Gasteiger charge is -2.25. The molecule has 0 spiro atoms. The van der Waals surface area contributed by atoms with Crippen LogP contribution in [0, 0.1) is 13.8 Å². The summed E-state index contributed by atoms with van der Waals surface area (Å²) in [5, 5.41) is 22.4. The maximum atomic E-state index is 11.6. The number of anilines is 1. The number of hydrogen-bond acceptors (Lipinski definition) is 5. The Morgan fingerprint density at radius 1 is 1.40 bits per heavy atom. The van der Waals surface area contributed by atoms with E-state index < -0.39 is 5.97 Å². The molecule has 0 amide bonds. The second-order valence-corrected chi connectivity index (χ2v) is 5.72. The Balaban J connectivity index is 2.25. The van der Waals surface area contributed by atoms with Gasteiger partial charge >= 0.3 is 5.97 Å². The molecule has 1 atom stereocenters. The van der Waals surface area contributed by atoms with Gasteiger partial charge in [-0.3, -0.25) is 5.10 Å². The van der Waals surface area contributed by atoms with E-state index in [-0.39, 0.29) is 5.92 Å². The van der Waals surface area contributed by atoms with Crippen molar-refractivity contribution in [1.29, 1.82) is 0 Å². The van der Waals surface area contributed by atoms with E-state index in [0.717, 1.165) is 27.8 Å². The lowest BCUT2D eigenvalue weighted by molar-refractivity contribution is -0.132. The van der Waals surface area contributed by atoms with Gasteiger partial charge in [0.1, 0.15) is 10.8 Å². The van der Waals surface area contributed by atoms with E-state index >= 15 is 0 Å². The van der Waals surface area contributed by atoms with Crippen molar-refractivity contribution in [2.45, 2.75) is 26.7 Å². The summed E-state index contributed by atoms with van der Waals surface area (Å²) in [7, 11) is 0. The Morgan fingerprint density at radius 2 is 2.15 bits per heavy atom. The smallest absolute Gasteiger partial charge is 0.334 e. The number of aryl methyl sites for hydroxylation is 2. The van der Waals surface area contributed by atoms with Crippen LogP contribution >= 0.6 is 11.3 Å². The van der Waals surface area contributed by atoms with Gasteiger partial charge in [0.2, 0.25) is 0 Å². The second kappa shape index (κ2) is 4.45. The number of nitrogens with zero attached hydrogens (tertiary/aromatic N) is 2. The Bertz CT molecular complexity index is 729. The average molecular weight is 290 g/mol. The molecule has 0 aliphatic carbocycles. The van der Waals surface area contributed by atoms with Gasteiger partial charge in [-0.25, -0.2) is 9.78 Å². The highest BCUT2D eigenvalue weighted by Gasteiger charge is 2.36. The molecular formula is C13H14N4O2S. The summed E-state index contributed by atoms with van der Waals surface area (Å²) in [6.45, 7) is 5.53. The third-order valence-electron chi connectivity index (χ3n) is 3.40. The van der Waals surface area contributed by atoms with Crippen molar-refractivity contribution in [3.8, 4) is 0 Å². The van der Waals surface area contributed by atoms with Crippen LogP contribution in [0.15, 0.2) is 16.7 Å². The van der Waals surface area contributed by atoms with Crippen LogP contribution in [0.25, 0.3) is 0 Å². The Labute approximate surface area is 119 Å². The molecule has 0 saturated heterocycles. The van der Waals surface area contributed by atoms with Gasteiger partial charge in [-0.1, -0.05) is 0 Å². The number of aliphatic carboxylic acids is 1. The van der Waals surface area contributed by atoms with Gasteiger partial charge in [0, 0.05) is 22.3 Å². The van der Waals surface area contributed by atoms with Crippen molar-refractivity contribution in [2.24, 2.45) is 0 Å². The molecule has 7 heteroatoms. The number of rotatable bonds is 2. The Morgan fingerprint density at radius 3 is 2.75 bits per heavy atom. The van der Waals surface area contributed by atoms with Gasteiger partial charge in [-0.2, -0.15) is 5.10 Å². The molecule has 6 nitrogen and oxygen atoms in total. The molecule has 104 valence electrons. The highest BCUT2D eigenvalue weighted by molar-refractivity contribution is 7.09. The zero-order valence-corrected chi connectivity index (χ0v) is 12.1. The SMILES string of the molecule is CC1=C(C(=O)O)C(c2nc(C)cs2)c2c(C)n[nH]c2N1. The number of nitrogens with one attached hydrogen (secondary N) is 2. The largest absolute Gasteiger partial charge is 0.478 e. The van der Waals surface area contributed by atoms with Gasteiger partial charge in [0.05, 0.1) is 17.2 Å². The van der Waals surface area contributed by atoms with Crippen molar-refractivity contribution in [3.63, 3.8) is 0 Å². The molecule has 1 aliphatic heterocycles. The van der Waals surface area contributed by atoms with Gasteiger partial charge in [-0.05, 0) is 20.8 Å². The number of carboxylic acids is 1. The predicted octanol–water partition coefficient (Wildman–Crippen LogP) is 2.40. The fourth-order valence-electron chi connectivity index (χ4n) is 2.54. The quantitative estimate of drug-likeness (QED) is 0.790. The topological polar surface area (TPSA) is 90.9 Å². The van der Waals surface area contributed by atoms with Crippen LogP contribution in [0.3, 0.4) is 0 Å². The van der Waals surface area contributed by atoms with Crippen molar-refractivity contribution in [3.05, 3.63) is 38.6 Å². The van der Waals surface area contributed by atoms with E-state index in [1.807, 2.05) is 19.2 Å².